The van der Waals surface area contributed by atoms with Crippen LogP contribution in [-0.4, -0.2) is 41.6 Å². The second-order valence-corrected chi connectivity index (χ2v) is 4.40. The third-order valence-electron chi connectivity index (χ3n) is 2.96. The summed E-state index contributed by atoms with van der Waals surface area (Å²) in [7, 11) is 3.51. The van der Waals surface area contributed by atoms with Crippen LogP contribution in [0.3, 0.4) is 0 Å². The van der Waals surface area contributed by atoms with Gasteiger partial charge >= 0.3 is 0 Å². The number of aromatic amines is 1. The normalized spacial score (nSPS) is 19.5. The molecule has 1 aromatic heterocycles. The number of halogens is 1. The van der Waals surface area contributed by atoms with Gasteiger partial charge in [0.2, 0.25) is 0 Å². The van der Waals surface area contributed by atoms with Crippen LogP contribution in [0.1, 0.15) is 41.4 Å². The highest BCUT2D eigenvalue weighted by molar-refractivity contribution is 5.94. The number of piperidine rings is 1. The third-order valence-corrected chi connectivity index (χ3v) is 2.96. The van der Waals surface area contributed by atoms with E-state index < -0.39 is 0 Å². The van der Waals surface area contributed by atoms with Crippen LogP contribution in [-0.2, 0) is 0 Å². The summed E-state index contributed by atoms with van der Waals surface area (Å²) < 4.78 is 0. The highest BCUT2D eigenvalue weighted by Crippen LogP contribution is 2.24. The van der Waals surface area contributed by atoms with Crippen LogP contribution in [0.5, 0.6) is 0 Å². The van der Waals surface area contributed by atoms with Crippen LogP contribution in [0, 0.1) is 0 Å². The molecule has 0 spiro atoms. The van der Waals surface area contributed by atoms with Gasteiger partial charge in [0.25, 0.3) is 5.91 Å². The molecule has 1 amide bonds. The molecule has 1 aromatic rings. The molecule has 1 unspecified atom stereocenters. The van der Waals surface area contributed by atoms with Gasteiger partial charge in [-0.05, 0) is 19.4 Å². The molecule has 0 radical (unpaired) electrons. The molecule has 2 N–H and O–H groups in total. The molecule has 1 aliphatic heterocycles. The summed E-state index contributed by atoms with van der Waals surface area (Å²) in [5.41, 5.74) is 1.61. The largest absolute Gasteiger partial charge is 0.345 e. The maximum atomic E-state index is 11.9. The minimum absolute atomic E-state index is 0. The van der Waals surface area contributed by atoms with Crippen molar-refractivity contribution in [1.29, 1.82) is 0 Å². The Morgan fingerprint density at radius 1 is 1.47 bits per heavy atom. The molecule has 0 aromatic carbocycles. The Hall–Kier alpha value is -1.07. The average molecular weight is 259 g/mol. The van der Waals surface area contributed by atoms with Crippen LogP contribution in [0.15, 0.2) is 6.20 Å². The standard InChI is InChI=1S/C11H18N4O.ClH/c1-15(2)11(16)8-7-13-14-10(8)9-5-3-4-6-12-9;/h7,9,12H,3-6H2,1-2H3,(H,13,14);1H. The van der Waals surface area contributed by atoms with E-state index in [0.717, 1.165) is 18.7 Å². The van der Waals surface area contributed by atoms with Crippen molar-refractivity contribution in [3.63, 3.8) is 0 Å². The topological polar surface area (TPSA) is 61.0 Å². The van der Waals surface area contributed by atoms with Gasteiger partial charge in [-0.1, -0.05) is 6.42 Å². The van der Waals surface area contributed by atoms with Crippen molar-refractivity contribution in [2.24, 2.45) is 0 Å². The molecule has 0 aliphatic carbocycles. The monoisotopic (exact) mass is 258 g/mol. The first-order valence-corrected chi connectivity index (χ1v) is 5.68. The van der Waals surface area contributed by atoms with Crippen molar-refractivity contribution < 1.29 is 4.79 Å². The summed E-state index contributed by atoms with van der Waals surface area (Å²) in [4.78, 5) is 13.5. The molecule has 1 aliphatic rings. The zero-order chi connectivity index (χ0) is 11.5. The fourth-order valence-electron chi connectivity index (χ4n) is 2.07. The second kappa shape index (κ2) is 6.02. The number of amides is 1. The van der Waals surface area contributed by atoms with E-state index in [1.54, 1.807) is 25.2 Å². The Kier molecular flexibility index (Phi) is 4.96. The number of aromatic nitrogens is 2. The first-order chi connectivity index (χ1) is 7.70. The summed E-state index contributed by atoms with van der Waals surface area (Å²) >= 11 is 0. The Balaban J connectivity index is 0.00000144. The lowest BCUT2D eigenvalue weighted by atomic mass is 9.99. The molecular weight excluding hydrogens is 240 g/mol. The summed E-state index contributed by atoms with van der Waals surface area (Å²) in [6, 6.07) is 0.246. The van der Waals surface area contributed by atoms with E-state index in [2.05, 4.69) is 15.5 Å². The number of carbonyl (C=O) groups is 1. The maximum absolute atomic E-state index is 11.9. The highest BCUT2D eigenvalue weighted by Gasteiger charge is 2.23. The zero-order valence-electron chi connectivity index (χ0n) is 10.2. The molecular formula is C11H19ClN4O. The average Bonchev–Trinajstić information content (AvgIpc) is 2.77. The number of H-pyrrole nitrogens is 1. The molecule has 1 fully saturated rings. The fraction of sp³-hybridized carbons (Fsp3) is 0.636. The van der Waals surface area contributed by atoms with E-state index in [1.807, 2.05) is 0 Å². The van der Waals surface area contributed by atoms with Gasteiger partial charge < -0.3 is 10.2 Å². The minimum atomic E-state index is 0. The first kappa shape index (κ1) is 14.0. The molecule has 2 heterocycles. The van der Waals surface area contributed by atoms with Gasteiger partial charge in [0.05, 0.1) is 17.5 Å². The van der Waals surface area contributed by atoms with E-state index in [4.69, 9.17) is 0 Å². The van der Waals surface area contributed by atoms with E-state index in [-0.39, 0.29) is 24.4 Å². The van der Waals surface area contributed by atoms with Crippen molar-refractivity contribution in [3.8, 4) is 0 Å². The number of hydrogen-bond acceptors (Lipinski definition) is 3. The zero-order valence-corrected chi connectivity index (χ0v) is 11.0. The number of nitrogens with zero attached hydrogens (tertiary/aromatic N) is 2. The summed E-state index contributed by atoms with van der Waals surface area (Å²) in [5.74, 6) is 0.0103. The summed E-state index contributed by atoms with van der Waals surface area (Å²) in [5, 5.41) is 10.4. The Morgan fingerprint density at radius 3 is 2.82 bits per heavy atom. The van der Waals surface area contributed by atoms with Gasteiger partial charge in [0, 0.05) is 20.1 Å². The molecule has 1 saturated heterocycles. The van der Waals surface area contributed by atoms with Crippen LogP contribution >= 0.6 is 12.4 Å². The number of carbonyl (C=O) groups excluding carboxylic acids is 1. The van der Waals surface area contributed by atoms with Crippen molar-refractivity contribution in [3.05, 3.63) is 17.5 Å². The number of nitrogens with one attached hydrogen (secondary N) is 2. The van der Waals surface area contributed by atoms with E-state index >= 15 is 0 Å². The van der Waals surface area contributed by atoms with Gasteiger partial charge in [-0.3, -0.25) is 9.89 Å². The van der Waals surface area contributed by atoms with Crippen LogP contribution in [0.25, 0.3) is 0 Å². The SMILES string of the molecule is CN(C)C(=O)c1cn[nH]c1C1CCCCN1.Cl. The fourth-order valence-corrected chi connectivity index (χ4v) is 2.07. The lowest BCUT2D eigenvalue weighted by Gasteiger charge is -2.23. The van der Waals surface area contributed by atoms with E-state index in [1.165, 1.54) is 12.8 Å². The van der Waals surface area contributed by atoms with Crippen molar-refractivity contribution in [2.75, 3.05) is 20.6 Å². The summed E-state index contributed by atoms with van der Waals surface area (Å²) in [6.07, 6.45) is 5.09. The highest BCUT2D eigenvalue weighted by atomic mass is 35.5. The first-order valence-electron chi connectivity index (χ1n) is 5.68. The Morgan fingerprint density at radius 2 is 2.24 bits per heavy atom. The number of rotatable bonds is 2. The van der Waals surface area contributed by atoms with Crippen molar-refractivity contribution in [1.82, 2.24) is 20.4 Å². The van der Waals surface area contributed by atoms with Crippen LogP contribution in [0.4, 0.5) is 0 Å². The van der Waals surface area contributed by atoms with Crippen LogP contribution < -0.4 is 5.32 Å². The quantitative estimate of drug-likeness (QED) is 0.842. The molecule has 96 valence electrons. The Labute approximate surface area is 107 Å². The lowest BCUT2D eigenvalue weighted by Crippen LogP contribution is -2.30. The van der Waals surface area contributed by atoms with Gasteiger partial charge in [0.1, 0.15) is 0 Å². The van der Waals surface area contributed by atoms with Gasteiger partial charge in [-0.15, -0.1) is 12.4 Å². The van der Waals surface area contributed by atoms with E-state index in [9.17, 15) is 4.79 Å². The molecule has 17 heavy (non-hydrogen) atoms. The predicted molar refractivity (Wildman–Crippen MR) is 68.4 cm³/mol. The number of hydrogen-bond donors (Lipinski definition) is 2. The van der Waals surface area contributed by atoms with Crippen LogP contribution in [0.2, 0.25) is 0 Å². The minimum Gasteiger partial charge on any atom is -0.345 e. The summed E-state index contributed by atoms with van der Waals surface area (Å²) in [6.45, 7) is 1.01. The lowest BCUT2D eigenvalue weighted by molar-refractivity contribution is 0.0825. The maximum Gasteiger partial charge on any atom is 0.256 e. The Bertz CT molecular complexity index is 371. The predicted octanol–water partition coefficient (Wildman–Crippen LogP) is 1.35. The third kappa shape index (κ3) is 2.98. The molecule has 0 saturated carbocycles. The second-order valence-electron chi connectivity index (χ2n) is 4.40. The molecule has 5 nitrogen and oxygen atoms in total. The molecule has 2 rings (SSSR count). The molecule has 0 bridgehead atoms. The van der Waals surface area contributed by atoms with E-state index in [0.29, 0.717) is 5.56 Å². The molecule has 6 heteroatoms. The van der Waals surface area contributed by atoms with Gasteiger partial charge in [0.15, 0.2) is 0 Å². The smallest absolute Gasteiger partial charge is 0.256 e. The molecule has 1 atom stereocenters. The van der Waals surface area contributed by atoms with Crippen molar-refractivity contribution >= 4 is 18.3 Å². The van der Waals surface area contributed by atoms with Crippen molar-refractivity contribution in [2.45, 2.75) is 25.3 Å². The van der Waals surface area contributed by atoms with Gasteiger partial charge in [-0.25, -0.2) is 0 Å². The van der Waals surface area contributed by atoms with Gasteiger partial charge in [-0.2, -0.15) is 5.10 Å².